The van der Waals surface area contributed by atoms with Gasteiger partial charge in [0.15, 0.2) is 5.96 Å². The van der Waals surface area contributed by atoms with Crippen molar-refractivity contribution in [1.82, 2.24) is 16.0 Å². The Hall–Kier alpha value is -3.42. The van der Waals surface area contributed by atoms with Gasteiger partial charge in [-0.3, -0.25) is 24.2 Å². The average Bonchev–Trinajstić information content (AvgIpc) is 2.76. The smallest absolute Gasteiger partial charge is 0.326 e. The van der Waals surface area contributed by atoms with Crippen molar-refractivity contribution in [2.24, 2.45) is 34.0 Å². The molecule has 37 heavy (non-hydrogen) atoms. The molecular formula is C23H43N7O7. The Morgan fingerprint density at radius 1 is 0.757 bits per heavy atom. The van der Waals surface area contributed by atoms with E-state index in [4.69, 9.17) is 22.3 Å². The van der Waals surface area contributed by atoms with Crippen LogP contribution < -0.4 is 33.2 Å². The van der Waals surface area contributed by atoms with E-state index in [0.717, 1.165) is 0 Å². The Kier molecular flexibility index (Phi) is 15.5. The molecule has 0 bridgehead atoms. The molecule has 0 aliphatic rings. The summed E-state index contributed by atoms with van der Waals surface area (Å²) >= 11 is 0. The maximum absolute atomic E-state index is 13.0. The number of carboxylic acid groups (broad SMARTS) is 2. The predicted octanol–water partition coefficient (Wildman–Crippen LogP) is -1.14. The molecule has 4 unspecified atom stereocenters. The Balaban J connectivity index is 5.53. The zero-order valence-electron chi connectivity index (χ0n) is 22.0. The zero-order valence-corrected chi connectivity index (χ0v) is 22.0. The molecule has 0 heterocycles. The van der Waals surface area contributed by atoms with Crippen molar-refractivity contribution in [3.63, 3.8) is 0 Å². The Labute approximate surface area is 217 Å². The fourth-order valence-corrected chi connectivity index (χ4v) is 3.44. The minimum atomic E-state index is -1.27. The van der Waals surface area contributed by atoms with Gasteiger partial charge in [-0.05, 0) is 43.9 Å². The van der Waals surface area contributed by atoms with Gasteiger partial charge in [-0.15, -0.1) is 0 Å². The number of nitrogens with one attached hydrogen (secondary N) is 3. The van der Waals surface area contributed by atoms with Crippen molar-refractivity contribution < 1.29 is 34.2 Å². The number of guanidine groups is 1. The molecule has 4 atom stereocenters. The molecule has 212 valence electrons. The second kappa shape index (κ2) is 17.1. The van der Waals surface area contributed by atoms with Crippen LogP contribution in [0.4, 0.5) is 0 Å². The van der Waals surface area contributed by atoms with Crippen LogP contribution in [0, 0.1) is 11.8 Å². The summed E-state index contributed by atoms with van der Waals surface area (Å²) in [5.74, 6) is -4.62. The van der Waals surface area contributed by atoms with Gasteiger partial charge in [-0.1, -0.05) is 27.7 Å². The number of amides is 3. The van der Waals surface area contributed by atoms with E-state index in [1.54, 1.807) is 0 Å². The van der Waals surface area contributed by atoms with Crippen molar-refractivity contribution in [3.05, 3.63) is 0 Å². The summed E-state index contributed by atoms with van der Waals surface area (Å²) in [7, 11) is 0. The van der Waals surface area contributed by atoms with E-state index >= 15 is 0 Å². The van der Waals surface area contributed by atoms with E-state index in [0.29, 0.717) is 6.42 Å². The van der Waals surface area contributed by atoms with Gasteiger partial charge in [-0.2, -0.15) is 0 Å². The van der Waals surface area contributed by atoms with E-state index in [1.807, 2.05) is 27.7 Å². The lowest BCUT2D eigenvalue weighted by Gasteiger charge is -2.26. The third-order valence-corrected chi connectivity index (χ3v) is 5.24. The molecule has 0 aromatic heterocycles. The van der Waals surface area contributed by atoms with Crippen molar-refractivity contribution >= 4 is 35.6 Å². The van der Waals surface area contributed by atoms with Crippen LogP contribution in [0.25, 0.3) is 0 Å². The molecule has 0 fully saturated rings. The molecule has 0 spiro atoms. The minimum absolute atomic E-state index is 0.0469. The average molecular weight is 530 g/mol. The van der Waals surface area contributed by atoms with Gasteiger partial charge in [0.25, 0.3) is 0 Å². The first-order chi connectivity index (χ1) is 17.1. The van der Waals surface area contributed by atoms with E-state index in [2.05, 4.69) is 20.9 Å². The van der Waals surface area contributed by atoms with Crippen LogP contribution in [-0.2, 0) is 24.0 Å². The fraction of sp³-hybridized carbons (Fsp3) is 0.739. The number of carbonyl (C=O) groups excluding carboxylic acids is 3. The summed E-state index contributed by atoms with van der Waals surface area (Å²) in [6, 6.07) is -4.52. The SMILES string of the molecule is CC(C)CC(N)C(=O)NC(CCC(=O)O)C(=O)NC(CC(C)C)C(=O)NC(CCCN=C(N)N)C(=O)O. The Morgan fingerprint density at radius 2 is 1.27 bits per heavy atom. The first-order valence-corrected chi connectivity index (χ1v) is 12.3. The summed E-state index contributed by atoms with van der Waals surface area (Å²) in [5.41, 5.74) is 16.4. The quantitative estimate of drug-likeness (QED) is 0.0601. The summed E-state index contributed by atoms with van der Waals surface area (Å²) < 4.78 is 0. The second-order valence-electron chi connectivity index (χ2n) is 9.77. The first-order valence-electron chi connectivity index (χ1n) is 12.3. The molecule has 11 N–H and O–H groups in total. The Bertz CT molecular complexity index is 813. The molecule has 0 aliphatic carbocycles. The summed E-state index contributed by atoms with van der Waals surface area (Å²) in [4.78, 5) is 65.0. The van der Waals surface area contributed by atoms with Gasteiger partial charge in [0.2, 0.25) is 17.7 Å². The zero-order chi connectivity index (χ0) is 28.7. The van der Waals surface area contributed by atoms with Crippen molar-refractivity contribution in [3.8, 4) is 0 Å². The molecule has 0 saturated heterocycles. The third-order valence-electron chi connectivity index (χ3n) is 5.24. The van der Waals surface area contributed by atoms with Crippen LogP contribution in [0.15, 0.2) is 4.99 Å². The van der Waals surface area contributed by atoms with Gasteiger partial charge in [-0.25, -0.2) is 4.79 Å². The number of nitrogens with two attached hydrogens (primary N) is 3. The van der Waals surface area contributed by atoms with Gasteiger partial charge in [0, 0.05) is 13.0 Å². The molecule has 0 aromatic rings. The highest BCUT2D eigenvalue weighted by Gasteiger charge is 2.31. The molecular weight excluding hydrogens is 486 g/mol. The number of carbonyl (C=O) groups is 5. The van der Waals surface area contributed by atoms with Crippen molar-refractivity contribution in [2.45, 2.75) is 90.4 Å². The normalized spacial score (nSPS) is 14.2. The van der Waals surface area contributed by atoms with Crippen LogP contribution in [0.1, 0.15) is 66.2 Å². The summed E-state index contributed by atoms with van der Waals surface area (Å²) in [5, 5.41) is 26.0. The molecule has 14 heteroatoms. The molecule has 0 aliphatic heterocycles. The molecule has 0 saturated carbocycles. The number of aliphatic carboxylic acids is 2. The van der Waals surface area contributed by atoms with E-state index in [1.165, 1.54) is 0 Å². The largest absolute Gasteiger partial charge is 0.481 e. The highest BCUT2D eigenvalue weighted by atomic mass is 16.4. The van der Waals surface area contributed by atoms with Crippen LogP contribution in [0.2, 0.25) is 0 Å². The highest BCUT2D eigenvalue weighted by molar-refractivity contribution is 5.94. The second-order valence-corrected chi connectivity index (χ2v) is 9.77. The van der Waals surface area contributed by atoms with Crippen LogP contribution in [-0.4, -0.2) is 76.5 Å². The summed E-state index contributed by atoms with van der Waals surface area (Å²) in [6.45, 7) is 7.55. The lowest BCUT2D eigenvalue weighted by Crippen LogP contribution is -2.57. The molecule has 0 aromatic carbocycles. The topological polar surface area (TPSA) is 252 Å². The minimum Gasteiger partial charge on any atom is -0.481 e. The van der Waals surface area contributed by atoms with Crippen molar-refractivity contribution in [1.29, 1.82) is 0 Å². The van der Waals surface area contributed by atoms with Gasteiger partial charge < -0.3 is 43.4 Å². The number of carboxylic acids is 2. The molecule has 14 nitrogen and oxygen atoms in total. The fourth-order valence-electron chi connectivity index (χ4n) is 3.44. The van der Waals surface area contributed by atoms with E-state index in [9.17, 15) is 29.1 Å². The van der Waals surface area contributed by atoms with Gasteiger partial charge in [0.1, 0.15) is 18.1 Å². The highest BCUT2D eigenvalue weighted by Crippen LogP contribution is 2.09. The van der Waals surface area contributed by atoms with E-state index < -0.39 is 60.2 Å². The number of aliphatic imine (C=N–C) groups is 1. The number of hydrogen-bond donors (Lipinski definition) is 8. The predicted molar refractivity (Wildman–Crippen MR) is 137 cm³/mol. The van der Waals surface area contributed by atoms with Crippen molar-refractivity contribution in [2.75, 3.05) is 6.54 Å². The molecule has 3 amide bonds. The third kappa shape index (κ3) is 15.3. The maximum Gasteiger partial charge on any atom is 0.326 e. The number of rotatable bonds is 18. The molecule has 0 rings (SSSR count). The monoisotopic (exact) mass is 529 g/mol. The standard InChI is InChI=1S/C23H43N7O7/c1-12(2)10-14(24)19(33)28-15(7-8-18(31)32)20(34)30-17(11-13(3)4)21(35)29-16(22(36)37)6-5-9-27-23(25)26/h12-17H,5-11,24H2,1-4H3,(H,28,33)(H,29,35)(H,30,34)(H,31,32)(H,36,37)(H4,25,26,27). The van der Waals surface area contributed by atoms with Crippen LogP contribution in [0.3, 0.4) is 0 Å². The lowest BCUT2D eigenvalue weighted by atomic mass is 10.0. The molecule has 0 radical (unpaired) electrons. The summed E-state index contributed by atoms with van der Waals surface area (Å²) in [6.07, 6.45) is 0.235. The van der Waals surface area contributed by atoms with E-state index in [-0.39, 0.29) is 50.0 Å². The van der Waals surface area contributed by atoms with Crippen LogP contribution >= 0.6 is 0 Å². The van der Waals surface area contributed by atoms with Gasteiger partial charge in [0.05, 0.1) is 6.04 Å². The van der Waals surface area contributed by atoms with Crippen LogP contribution in [0.5, 0.6) is 0 Å². The first kappa shape index (κ1) is 33.6. The number of nitrogens with zero attached hydrogens (tertiary/aromatic N) is 1. The number of hydrogen-bond acceptors (Lipinski definition) is 7. The van der Waals surface area contributed by atoms with Gasteiger partial charge >= 0.3 is 11.9 Å². The maximum atomic E-state index is 13.0. The lowest BCUT2D eigenvalue weighted by molar-refractivity contribution is -0.142. The Morgan fingerprint density at radius 3 is 1.76 bits per heavy atom.